The summed E-state index contributed by atoms with van der Waals surface area (Å²) in [6, 6.07) is 9.64. The van der Waals surface area contributed by atoms with Crippen LogP contribution in [0.15, 0.2) is 35.5 Å². The Kier molecular flexibility index (Phi) is 5.85. The minimum absolute atomic E-state index is 0.375. The lowest BCUT2D eigenvalue weighted by atomic mass is 10.0. The third kappa shape index (κ3) is 4.24. The first-order valence-corrected chi connectivity index (χ1v) is 8.48. The molecule has 120 valence electrons. The number of ether oxygens (including phenoxy) is 1. The Hall–Kier alpha value is -1.53. The highest BCUT2D eigenvalue weighted by atomic mass is 32.2. The van der Waals surface area contributed by atoms with Crippen molar-refractivity contribution in [2.75, 3.05) is 5.75 Å². The van der Waals surface area contributed by atoms with E-state index in [1.807, 2.05) is 55.8 Å². The molecule has 0 amide bonds. The predicted octanol–water partition coefficient (Wildman–Crippen LogP) is 3.04. The summed E-state index contributed by atoms with van der Waals surface area (Å²) in [5.74, 6) is 2.19. The molecule has 0 aliphatic carbocycles. The first-order chi connectivity index (χ1) is 10.6. The van der Waals surface area contributed by atoms with E-state index in [0.717, 1.165) is 29.6 Å². The Balaban J connectivity index is 1.94. The summed E-state index contributed by atoms with van der Waals surface area (Å²) in [7, 11) is 1.92. The number of rotatable bonds is 8. The SMILES string of the molecule is CCC(O)(CC)CSc1nnc(COc2ccccc2)n1C. The van der Waals surface area contributed by atoms with Gasteiger partial charge in [-0.25, -0.2) is 0 Å². The zero-order valence-corrected chi connectivity index (χ0v) is 14.1. The first kappa shape index (κ1) is 16.8. The molecule has 0 radical (unpaired) electrons. The zero-order valence-electron chi connectivity index (χ0n) is 13.3. The van der Waals surface area contributed by atoms with Crippen LogP contribution in [0.3, 0.4) is 0 Å². The van der Waals surface area contributed by atoms with Gasteiger partial charge >= 0.3 is 0 Å². The van der Waals surface area contributed by atoms with E-state index in [1.165, 1.54) is 11.8 Å². The van der Waals surface area contributed by atoms with Crippen LogP contribution in [0.2, 0.25) is 0 Å². The van der Waals surface area contributed by atoms with Crippen LogP contribution in [0, 0.1) is 0 Å². The molecule has 1 N–H and O–H groups in total. The van der Waals surface area contributed by atoms with E-state index >= 15 is 0 Å². The summed E-state index contributed by atoms with van der Waals surface area (Å²) < 4.78 is 7.61. The Labute approximate surface area is 135 Å². The Bertz CT molecular complexity index is 582. The van der Waals surface area contributed by atoms with E-state index in [-0.39, 0.29) is 0 Å². The van der Waals surface area contributed by atoms with Crippen LogP contribution in [0.25, 0.3) is 0 Å². The molecular formula is C16H23N3O2S. The third-order valence-electron chi connectivity index (χ3n) is 3.82. The summed E-state index contributed by atoms with van der Waals surface area (Å²) in [5, 5.41) is 19.5. The number of thioether (sulfide) groups is 1. The number of hydrogen-bond acceptors (Lipinski definition) is 5. The number of para-hydroxylation sites is 1. The highest BCUT2D eigenvalue weighted by molar-refractivity contribution is 7.99. The fourth-order valence-electron chi connectivity index (χ4n) is 1.91. The summed E-state index contributed by atoms with van der Waals surface area (Å²) in [6.45, 7) is 4.37. The molecule has 0 saturated carbocycles. The van der Waals surface area contributed by atoms with Crippen LogP contribution in [0.4, 0.5) is 0 Å². The van der Waals surface area contributed by atoms with Gasteiger partial charge in [0.2, 0.25) is 0 Å². The van der Waals surface area contributed by atoms with Gasteiger partial charge in [-0.1, -0.05) is 43.8 Å². The predicted molar refractivity (Wildman–Crippen MR) is 88.0 cm³/mol. The lowest BCUT2D eigenvalue weighted by Gasteiger charge is -2.24. The number of nitrogens with zero attached hydrogens (tertiary/aromatic N) is 3. The Morgan fingerprint density at radius 3 is 2.50 bits per heavy atom. The maximum Gasteiger partial charge on any atom is 0.191 e. The van der Waals surface area contributed by atoms with Gasteiger partial charge in [0.25, 0.3) is 0 Å². The number of benzene rings is 1. The van der Waals surface area contributed by atoms with E-state index in [4.69, 9.17) is 4.74 Å². The summed E-state index contributed by atoms with van der Waals surface area (Å²) >= 11 is 1.53. The molecule has 0 aliphatic heterocycles. The molecular weight excluding hydrogens is 298 g/mol. The first-order valence-electron chi connectivity index (χ1n) is 7.49. The molecule has 0 fully saturated rings. The molecule has 1 aromatic heterocycles. The third-order valence-corrected chi connectivity index (χ3v) is 5.12. The van der Waals surface area contributed by atoms with E-state index in [9.17, 15) is 5.11 Å². The Morgan fingerprint density at radius 2 is 1.86 bits per heavy atom. The van der Waals surface area contributed by atoms with Crippen LogP contribution in [0.5, 0.6) is 5.75 Å². The summed E-state index contributed by atoms with van der Waals surface area (Å²) in [4.78, 5) is 0. The van der Waals surface area contributed by atoms with Crippen molar-refractivity contribution in [1.82, 2.24) is 14.8 Å². The molecule has 6 heteroatoms. The van der Waals surface area contributed by atoms with E-state index in [1.54, 1.807) is 0 Å². The molecule has 2 rings (SSSR count). The molecule has 1 heterocycles. The molecule has 2 aromatic rings. The quantitative estimate of drug-likeness (QED) is 0.757. The van der Waals surface area contributed by atoms with Gasteiger partial charge in [-0.15, -0.1) is 10.2 Å². The molecule has 0 saturated heterocycles. The van der Waals surface area contributed by atoms with Crippen LogP contribution in [-0.2, 0) is 13.7 Å². The molecule has 0 unspecified atom stereocenters. The summed E-state index contributed by atoms with van der Waals surface area (Å²) in [6.07, 6.45) is 1.47. The largest absolute Gasteiger partial charge is 0.486 e. The van der Waals surface area contributed by atoms with Crippen molar-refractivity contribution in [2.45, 2.75) is 44.1 Å². The lowest BCUT2D eigenvalue weighted by Crippen LogP contribution is -2.29. The standard InChI is InChI=1S/C16H23N3O2S/c1-4-16(20,5-2)12-22-15-18-17-14(19(15)3)11-21-13-9-7-6-8-10-13/h6-10,20H,4-5,11-12H2,1-3H3. The fraction of sp³-hybridized carbons (Fsp3) is 0.500. The number of hydrogen-bond donors (Lipinski definition) is 1. The lowest BCUT2D eigenvalue weighted by molar-refractivity contribution is 0.0571. The summed E-state index contributed by atoms with van der Waals surface area (Å²) in [5.41, 5.74) is -0.642. The van der Waals surface area contributed by atoms with Gasteiger partial charge in [0.1, 0.15) is 12.4 Å². The number of aliphatic hydroxyl groups is 1. The van der Waals surface area contributed by atoms with Crippen molar-refractivity contribution in [3.05, 3.63) is 36.2 Å². The van der Waals surface area contributed by atoms with Crippen molar-refractivity contribution in [2.24, 2.45) is 7.05 Å². The fourth-order valence-corrected chi connectivity index (χ4v) is 3.12. The van der Waals surface area contributed by atoms with E-state index < -0.39 is 5.60 Å². The average Bonchev–Trinajstić information content (AvgIpc) is 2.92. The molecule has 22 heavy (non-hydrogen) atoms. The van der Waals surface area contributed by atoms with Crippen molar-refractivity contribution < 1.29 is 9.84 Å². The second kappa shape index (κ2) is 7.65. The van der Waals surface area contributed by atoms with Crippen LogP contribution in [-0.4, -0.2) is 31.2 Å². The van der Waals surface area contributed by atoms with E-state index in [0.29, 0.717) is 12.4 Å². The van der Waals surface area contributed by atoms with Gasteiger partial charge in [-0.05, 0) is 25.0 Å². The topological polar surface area (TPSA) is 60.2 Å². The van der Waals surface area contributed by atoms with Gasteiger partial charge in [-0.3, -0.25) is 0 Å². The highest BCUT2D eigenvalue weighted by Gasteiger charge is 2.23. The van der Waals surface area contributed by atoms with Crippen molar-refractivity contribution in [3.8, 4) is 5.75 Å². The van der Waals surface area contributed by atoms with Crippen LogP contribution >= 0.6 is 11.8 Å². The van der Waals surface area contributed by atoms with Gasteiger partial charge in [0, 0.05) is 12.8 Å². The van der Waals surface area contributed by atoms with Crippen molar-refractivity contribution >= 4 is 11.8 Å². The van der Waals surface area contributed by atoms with Crippen LogP contribution in [0.1, 0.15) is 32.5 Å². The average molecular weight is 321 g/mol. The second-order valence-corrected chi connectivity index (χ2v) is 6.22. The monoisotopic (exact) mass is 321 g/mol. The second-order valence-electron chi connectivity index (χ2n) is 5.28. The minimum Gasteiger partial charge on any atom is -0.486 e. The smallest absolute Gasteiger partial charge is 0.191 e. The van der Waals surface area contributed by atoms with Crippen LogP contribution < -0.4 is 4.74 Å². The minimum atomic E-state index is -0.642. The zero-order chi connectivity index (χ0) is 16.0. The normalized spacial score (nSPS) is 11.6. The van der Waals surface area contributed by atoms with Gasteiger partial charge in [-0.2, -0.15) is 0 Å². The van der Waals surface area contributed by atoms with E-state index in [2.05, 4.69) is 10.2 Å². The van der Waals surface area contributed by atoms with Gasteiger partial charge in [0.15, 0.2) is 11.0 Å². The molecule has 0 spiro atoms. The van der Waals surface area contributed by atoms with Crippen molar-refractivity contribution in [3.63, 3.8) is 0 Å². The van der Waals surface area contributed by atoms with Crippen molar-refractivity contribution in [1.29, 1.82) is 0 Å². The molecule has 1 aromatic carbocycles. The Morgan fingerprint density at radius 1 is 1.18 bits per heavy atom. The van der Waals surface area contributed by atoms with Gasteiger partial charge in [0.05, 0.1) is 5.60 Å². The highest BCUT2D eigenvalue weighted by Crippen LogP contribution is 2.25. The van der Waals surface area contributed by atoms with Gasteiger partial charge < -0.3 is 14.4 Å². The maximum absolute atomic E-state index is 10.3. The molecule has 0 aliphatic rings. The number of aromatic nitrogens is 3. The molecule has 0 bridgehead atoms. The molecule has 5 nitrogen and oxygen atoms in total. The molecule has 0 atom stereocenters. The maximum atomic E-state index is 10.3.